The van der Waals surface area contributed by atoms with Gasteiger partial charge in [0.1, 0.15) is 27.9 Å². The number of rotatable bonds is 7. The van der Waals surface area contributed by atoms with Crippen molar-refractivity contribution in [2.24, 2.45) is 0 Å². The van der Waals surface area contributed by atoms with Gasteiger partial charge in [-0.05, 0) is 60.9 Å². The maximum absolute atomic E-state index is 14.8. The van der Waals surface area contributed by atoms with Gasteiger partial charge in [-0.2, -0.15) is 13.2 Å². The molecule has 1 aromatic carbocycles. The number of likely N-dealkylation sites (tertiary alicyclic amines) is 1. The monoisotopic (exact) mass is 549 g/mol. The molecule has 2 aromatic rings. The Balaban J connectivity index is 1.40. The number of halogens is 5. The van der Waals surface area contributed by atoms with Gasteiger partial charge in [0, 0.05) is 32.1 Å². The number of hydrogen-bond donors (Lipinski definition) is 1. The molecule has 2 aliphatic rings. The molecule has 13 heteroatoms. The fourth-order valence-electron chi connectivity index (χ4n) is 4.18. The SMILES string of the molecule is CS(=O)N(O)C(=O)c1cc(C2CC2)c(CN2CCC(Oc3ncc(C(F)(F)F)cc3Cl)CC2)cc1F. The highest BCUT2D eigenvalue weighted by molar-refractivity contribution is 7.82. The van der Waals surface area contributed by atoms with Crippen LogP contribution in [0.5, 0.6) is 5.88 Å². The standard InChI is InChI=1S/C23H24ClF4N3O4S/c1-36(34)31(33)22(32)18-10-17(13-2-3-13)14(8-20(18)25)12-30-6-4-16(5-7-30)35-21-19(24)9-15(11-29-21)23(26,27)28/h8-11,13,16,33H,2-7,12H2,1H3. The van der Waals surface area contributed by atoms with E-state index in [1.807, 2.05) is 0 Å². The lowest BCUT2D eigenvalue weighted by molar-refractivity contribution is -0.137. The highest BCUT2D eigenvalue weighted by Crippen LogP contribution is 2.43. The average molecular weight is 550 g/mol. The van der Waals surface area contributed by atoms with Gasteiger partial charge in [0.05, 0.1) is 11.1 Å². The molecule has 1 atom stereocenters. The van der Waals surface area contributed by atoms with E-state index in [0.717, 1.165) is 36.3 Å². The third-order valence-corrected chi connectivity index (χ3v) is 7.16. The summed E-state index contributed by atoms with van der Waals surface area (Å²) >= 11 is 5.94. The predicted octanol–water partition coefficient (Wildman–Crippen LogP) is 4.94. The average Bonchev–Trinajstić information content (AvgIpc) is 3.65. The van der Waals surface area contributed by atoms with Crippen LogP contribution in [-0.2, 0) is 23.7 Å². The maximum atomic E-state index is 14.8. The molecule has 1 aliphatic heterocycles. The Morgan fingerprint density at radius 3 is 2.47 bits per heavy atom. The summed E-state index contributed by atoms with van der Waals surface area (Å²) in [6.45, 7) is 1.62. The van der Waals surface area contributed by atoms with Crippen molar-refractivity contribution in [3.8, 4) is 5.88 Å². The Kier molecular flexibility index (Phi) is 7.89. The van der Waals surface area contributed by atoms with Crippen molar-refractivity contribution >= 4 is 28.5 Å². The summed E-state index contributed by atoms with van der Waals surface area (Å²) in [4.78, 5) is 18.2. The Bertz CT molecular complexity index is 1170. The van der Waals surface area contributed by atoms with Crippen LogP contribution in [0.1, 0.15) is 58.6 Å². The summed E-state index contributed by atoms with van der Waals surface area (Å²) in [7, 11) is -2.00. The van der Waals surface area contributed by atoms with E-state index in [2.05, 4.69) is 9.88 Å². The molecule has 2 heterocycles. The number of alkyl halides is 3. The number of amides is 1. The van der Waals surface area contributed by atoms with Crippen LogP contribution in [-0.4, -0.2) is 55.1 Å². The molecule has 1 N–H and O–H groups in total. The number of ether oxygens (including phenoxy) is 1. The number of carbonyl (C=O) groups is 1. The van der Waals surface area contributed by atoms with Crippen LogP contribution >= 0.6 is 11.6 Å². The Morgan fingerprint density at radius 2 is 1.92 bits per heavy atom. The molecular weight excluding hydrogens is 526 g/mol. The normalized spacial score (nSPS) is 18.2. The zero-order chi connectivity index (χ0) is 26.2. The fourth-order valence-corrected chi connectivity index (χ4v) is 4.72. The smallest absolute Gasteiger partial charge is 0.417 e. The lowest BCUT2D eigenvalue weighted by Gasteiger charge is -2.32. The van der Waals surface area contributed by atoms with Crippen LogP contribution in [0.15, 0.2) is 24.4 Å². The number of hydroxylamine groups is 1. The molecule has 1 saturated carbocycles. The van der Waals surface area contributed by atoms with Gasteiger partial charge in [-0.3, -0.25) is 14.9 Å². The Morgan fingerprint density at radius 1 is 1.25 bits per heavy atom. The highest BCUT2D eigenvalue weighted by atomic mass is 35.5. The fraction of sp³-hybridized carbons (Fsp3) is 0.478. The van der Waals surface area contributed by atoms with Gasteiger partial charge < -0.3 is 4.74 Å². The molecule has 36 heavy (non-hydrogen) atoms. The second-order valence-electron chi connectivity index (χ2n) is 8.91. The molecular formula is C23H24ClF4N3O4S. The molecule has 1 aliphatic carbocycles. The van der Waals surface area contributed by atoms with Crippen LogP contribution in [0.2, 0.25) is 5.02 Å². The summed E-state index contributed by atoms with van der Waals surface area (Å²) in [6.07, 6.45) is -0.0765. The van der Waals surface area contributed by atoms with Crippen LogP contribution in [0, 0.1) is 5.82 Å². The van der Waals surface area contributed by atoms with E-state index in [1.165, 1.54) is 12.1 Å². The Hall–Kier alpha value is -2.28. The van der Waals surface area contributed by atoms with Gasteiger partial charge >= 0.3 is 6.18 Å². The minimum Gasteiger partial charge on any atom is -0.473 e. The molecule has 1 aromatic heterocycles. The topological polar surface area (TPSA) is 83.0 Å². The number of pyridine rings is 1. The second-order valence-corrected chi connectivity index (χ2v) is 10.5. The molecule has 1 unspecified atom stereocenters. The maximum Gasteiger partial charge on any atom is 0.417 e. The van der Waals surface area contributed by atoms with Crippen molar-refractivity contribution in [3.05, 3.63) is 57.5 Å². The summed E-state index contributed by atoms with van der Waals surface area (Å²) in [5.41, 5.74) is 0.289. The zero-order valence-electron chi connectivity index (χ0n) is 19.2. The highest BCUT2D eigenvalue weighted by Gasteiger charge is 2.33. The van der Waals surface area contributed by atoms with Crippen molar-refractivity contribution in [3.63, 3.8) is 0 Å². The van der Waals surface area contributed by atoms with Crippen LogP contribution in [0.4, 0.5) is 17.6 Å². The van der Waals surface area contributed by atoms with E-state index in [-0.39, 0.29) is 33.0 Å². The Labute approximate surface area is 212 Å². The van der Waals surface area contributed by atoms with Gasteiger partial charge in [-0.25, -0.2) is 13.6 Å². The van der Waals surface area contributed by atoms with Crippen molar-refractivity contribution < 1.29 is 36.5 Å². The largest absolute Gasteiger partial charge is 0.473 e. The minimum absolute atomic E-state index is 0.0112. The van der Waals surface area contributed by atoms with Crippen LogP contribution in [0.3, 0.4) is 0 Å². The summed E-state index contributed by atoms with van der Waals surface area (Å²) in [5, 5.41) is 9.47. The molecule has 4 rings (SSSR count). The first-order valence-electron chi connectivity index (χ1n) is 11.2. The zero-order valence-corrected chi connectivity index (χ0v) is 20.8. The molecule has 196 valence electrons. The molecule has 0 radical (unpaired) electrons. The predicted molar refractivity (Wildman–Crippen MR) is 124 cm³/mol. The van der Waals surface area contributed by atoms with Crippen LogP contribution in [0.25, 0.3) is 0 Å². The molecule has 0 spiro atoms. The first-order valence-corrected chi connectivity index (χ1v) is 13.1. The van der Waals surface area contributed by atoms with Crippen LogP contribution < -0.4 is 4.74 Å². The molecule has 0 bridgehead atoms. The van der Waals surface area contributed by atoms with E-state index < -0.39 is 34.4 Å². The number of benzene rings is 1. The summed E-state index contributed by atoms with van der Waals surface area (Å²) < 4.78 is 70.4. The van der Waals surface area contributed by atoms with E-state index in [1.54, 1.807) is 0 Å². The van der Waals surface area contributed by atoms with E-state index >= 15 is 0 Å². The van der Waals surface area contributed by atoms with E-state index in [0.29, 0.717) is 38.7 Å². The molecule has 1 saturated heterocycles. The number of hydrogen-bond acceptors (Lipinski definition) is 6. The van der Waals surface area contributed by atoms with E-state index in [9.17, 15) is 31.8 Å². The van der Waals surface area contributed by atoms with Gasteiger partial charge in [-0.15, -0.1) is 4.47 Å². The third kappa shape index (κ3) is 6.16. The van der Waals surface area contributed by atoms with Crippen molar-refractivity contribution in [1.82, 2.24) is 14.4 Å². The minimum atomic E-state index is -4.54. The lowest BCUT2D eigenvalue weighted by Crippen LogP contribution is -2.38. The van der Waals surface area contributed by atoms with Gasteiger partial charge in [0.25, 0.3) is 5.91 Å². The number of nitrogens with zero attached hydrogens (tertiary/aromatic N) is 3. The van der Waals surface area contributed by atoms with Gasteiger partial charge in [-0.1, -0.05) is 11.6 Å². The van der Waals surface area contributed by atoms with Gasteiger partial charge in [0.2, 0.25) is 5.88 Å². The first kappa shape index (κ1) is 26.8. The quantitative estimate of drug-likeness (QED) is 0.299. The summed E-state index contributed by atoms with van der Waals surface area (Å²) in [6, 6.07) is 3.52. The molecule has 1 amide bonds. The number of piperidine rings is 1. The molecule has 2 fully saturated rings. The molecule has 7 nitrogen and oxygen atoms in total. The number of aromatic nitrogens is 1. The van der Waals surface area contributed by atoms with Crippen molar-refractivity contribution in [1.29, 1.82) is 0 Å². The number of carbonyl (C=O) groups excluding carboxylic acids is 1. The first-order chi connectivity index (χ1) is 16.9. The third-order valence-electron chi connectivity index (χ3n) is 6.24. The summed E-state index contributed by atoms with van der Waals surface area (Å²) in [5.74, 6) is -1.71. The second kappa shape index (κ2) is 10.6. The van der Waals surface area contributed by atoms with Crippen molar-refractivity contribution in [2.45, 2.75) is 50.4 Å². The lowest BCUT2D eigenvalue weighted by atomic mass is 9.97. The van der Waals surface area contributed by atoms with Gasteiger partial charge in [0.15, 0.2) is 0 Å². The van der Waals surface area contributed by atoms with E-state index in [4.69, 9.17) is 16.3 Å². The van der Waals surface area contributed by atoms with Crippen molar-refractivity contribution in [2.75, 3.05) is 19.3 Å².